The molecule has 0 radical (unpaired) electrons. The van der Waals surface area contributed by atoms with Crippen LogP contribution in [0.2, 0.25) is 0 Å². The van der Waals surface area contributed by atoms with Crippen molar-refractivity contribution in [1.29, 1.82) is 0 Å². The molecule has 0 saturated heterocycles. The van der Waals surface area contributed by atoms with E-state index in [0.29, 0.717) is 19.4 Å². The zero-order valence-electron chi connectivity index (χ0n) is 7.25. The first-order chi connectivity index (χ1) is 6.50. The van der Waals surface area contributed by atoms with E-state index in [0.717, 1.165) is 4.57 Å². The van der Waals surface area contributed by atoms with Gasteiger partial charge in [-0.25, -0.2) is 0 Å². The lowest BCUT2D eigenvalue weighted by Crippen LogP contribution is -2.25. The van der Waals surface area contributed by atoms with Crippen molar-refractivity contribution in [2.75, 3.05) is 0 Å². The van der Waals surface area contributed by atoms with Crippen LogP contribution in [0.1, 0.15) is 30.5 Å². The Kier molecular flexibility index (Phi) is 1.99. The van der Waals surface area contributed by atoms with Gasteiger partial charge in [0.15, 0.2) is 0 Å². The highest BCUT2D eigenvalue weighted by Gasteiger charge is 2.39. The summed E-state index contributed by atoms with van der Waals surface area (Å²) in [5.41, 5.74) is 5.61. The molecule has 0 unspecified atom stereocenters. The molecule has 0 fully saturated rings. The van der Waals surface area contributed by atoms with Crippen LogP contribution in [0.15, 0.2) is 0 Å². The lowest BCUT2D eigenvalue weighted by molar-refractivity contribution is -0.147. The molecular formula is C7H9F3N4. The summed E-state index contributed by atoms with van der Waals surface area (Å²) >= 11 is 0. The van der Waals surface area contributed by atoms with Gasteiger partial charge in [-0.1, -0.05) is 0 Å². The number of rotatable bonds is 0. The first-order valence-electron chi connectivity index (χ1n) is 4.26. The number of alkyl halides is 3. The Labute approximate surface area is 77.9 Å². The lowest BCUT2D eigenvalue weighted by Gasteiger charge is -2.20. The predicted molar refractivity (Wildman–Crippen MR) is 41.2 cm³/mol. The minimum Gasteiger partial charge on any atom is -0.321 e. The van der Waals surface area contributed by atoms with Gasteiger partial charge in [-0.3, -0.25) is 0 Å². The van der Waals surface area contributed by atoms with Crippen LogP contribution in [0.3, 0.4) is 0 Å². The molecule has 7 heteroatoms. The van der Waals surface area contributed by atoms with E-state index in [2.05, 4.69) is 10.2 Å². The van der Waals surface area contributed by atoms with E-state index in [9.17, 15) is 13.2 Å². The molecule has 0 aromatic carbocycles. The normalized spacial score (nSPS) is 22.1. The molecule has 0 saturated carbocycles. The minimum atomic E-state index is -4.44. The summed E-state index contributed by atoms with van der Waals surface area (Å²) in [5.74, 6) is -0.703. The maximum absolute atomic E-state index is 12.4. The highest BCUT2D eigenvalue weighted by Crippen LogP contribution is 2.31. The third-order valence-electron chi connectivity index (χ3n) is 2.26. The highest BCUT2D eigenvalue weighted by atomic mass is 19.4. The van der Waals surface area contributed by atoms with Gasteiger partial charge in [-0.2, -0.15) is 13.2 Å². The number of aromatic nitrogens is 3. The van der Waals surface area contributed by atoms with Gasteiger partial charge < -0.3 is 10.3 Å². The summed E-state index contributed by atoms with van der Waals surface area (Å²) in [6.07, 6.45) is -3.15. The maximum Gasteiger partial charge on any atom is 0.451 e. The summed E-state index contributed by atoms with van der Waals surface area (Å²) in [5, 5.41) is 6.60. The predicted octanol–water partition coefficient (Wildman–Crippen LogP) is 1.09. The SMILES string of the molecule is N[C@@H]1CCCn2c1nnc2C(F)(F)F. The van der Waals surface area contributed by atoms with Gasteiger partial charge in [0.1, 0.15) is 5.82 Å². The van der Waals surface area contributed by atoms with Crippen molar-refractivity contribution in [3.05, 3.63) is 11.6 Å². The molecule has 78 valence electrons. The zero-order valence-corrected chi connectivity index (χ0v) is 7.25. The fourth-order valence-electron chi connectivity index (χ4n) is 1.62. The Morgan fingerprint density at radius 2 is 2.07 bits per heavy atom. The third-order valence-corrected chi connectivity index (χ3v) is 2.26. The largest absolute Gasteiger partial charge is 0.451 e. The fraction of sp³-hybridized carbons (Fsp3) is 0.714. The van der Waals surface area contributed by atoms with E-state index in [-0.39, 0.29) is 5.82 Å². The van der Waals surface area contributed by atoms with Gasteiger partial charge in [0.25, 0.3) is 0 Å². The van der Waals surface area contributed by atoms with E-state index < -0.39 is 18.0 Å². The second-order valence-electron chi connectivity index (χ2n) is 3.28. The Morgan fingerprint density at radius 1 is 1.36 bits per heavy atom. The summed E-state index contributed by atoms with van der Waals surface area (Å²) in [4.78, 5) is 0. The van der Waals surface area contributed by atoms with E-state index in [1.807, 2.05) is 0 Å². The number of fused-ring (bicyclic) bond motifs is 1. The van der Waals surface area contributed by atoms with Gasteiger partial charge in [0, 0.05) is 6.54 Å². The van der Waals surface area contributed by atoms with Crippen molar-refractivity contribution in [2.45, 2.75) is 31.6 Å². The van der Waals surface area contributed by atoms with Crippen LogP contribution < -0.4 is 5.73 Å². The summed E-state index contributed by atoms with van der Waals surface area (Å²) in [6.45, 7) is 0.297. The topological polar surface area (TPSA) is 56.7 Å². The average Bonchev–Trinajstić information content (AvgIpc) is 2.47. The van der Waals surface area contributed by atoms with Crippen molar-refractivity contribution >= 4 is 0 Å². The first-order valence-corrected chi connectivity index (χ1v) is 4.26. The van der Waals surface area contributed by atoms with Crippen LogP contribution in [0.4, 0.5) is 13.2 Å². The number of hydrogen-bond donors (Lipinski definition) is 1. The number of halogens is 3. The Hall–Kier alpha value is -1.11. The van der Waals surface area contributed by atoms with Gasteiger partial charge in [0.05, 0.1) is 6.04 Å². The Balaban J connectivity index is 2.46. The van der Waals surface area contributed by atoms with E-state index in [1.165, 1.54) is 0 Å². The van der Waals surface area contributed by atoms with Crippen molar-refractivity contribution in [1.82, 2.24) is 14.8 Å². The zero-order chi connectivity index (χ0) is 10.3. The van der Waals surface area contributed by atoms with Crippen LogP contribution >= 0.6 is 0 Å². The number of nitrogens with two attached hydrogens (primary N) is 1. The molecule has 1 aliphatic rings. The average molecular weight is 206 g/mol. The Morgan fingerprint density at radius 3 is 2.71 bits per heavy atom. The van der Waals surface area contributed by atoms with Crippen LogP contribution in [-0.4, -0.2) is 14.8 Å². The van der Waals surface area contributed by atoms with Crippen LogP contribution in [0, 0.1) is 0 Å². The number of hydrogen-bond acceptors (Lipinski definition) is 3. The molecule has 0 aliphatic carbocycles. The fourth-order valence-corrected chi connectivity index (χ4v) is 1.62. The smallest absolute Gasteiger partial charge is 0.321 e. The standard InChI is InChI=1S/C7H9F3N4/c8-7(9,10)6-13-12-5-4(11)2-1-3-14(5)6/h4H,1-3,11H2/t4-/m1/s1. The van der Waals surface area contributed by atoms with Crippen molar-refractivity contribution < 1.29 is 13.2 Å². The first kappa shape index (κ1) is 9.45. The monoisotopic (exact) mass is 206 g/mol. The molecule has 1 aromatic heterocycles. The summed E-state index contributed by atoms with van der Waals surface area (Å²) in [6, 6.07) is -0.424. The second-order valence-corrected chi connectivity index (χ2v) is 3.28. The van der Waals surface area contributed by atoms with Crippen molar-refractivity contribution in [3.8, 4) is 0 Å². The Bertz CT molecular complexity index is 343. The quantitative estimate of drug-likeness (QED) is 0.691. The van der Waals surface area contributed by atoms with Crippen LogP contribution in [0.5, 0.6) is 0 Å². The van der Waals surface area contributed by atoms with Crippen LogP contribution in [-0.2, 0) is 12.7 Å². The third kappa shape index (κ3) is 1.37. The molecule has 1 aliphatic heterocycles. The molecule has 0 amide bonds. The molecule has 2 N–H and O–H groups in total. The van der Waals surface area contributed by atoms with Gasteiger partial charge >= 0.3 is 6.18 Å². The molecule has 1 atom stereocenters. The van der Waals surface area contributed by atoms with Gasteiger partial charge in [-0.15, -0.1) is 10.2 Å². The van der Waals surface area contributed by atoms with Crippen molar-refractivity contribution in [2.24, 2.45) is 5.73 Å². The summed E-state index contributed by atoms with van der Waals surface area (Å²) < 4.78 is 38.2. The second kappa shape index (κ2) is 2.94. The lowest BCUT2D eigenvalue weighted by atomic mass is 10.1. The van der Waals surface area contributed by atoms with E-state index in [1.54, 1.807) is 0 Å². The molecule has 2 rings (SSSR count). The molecule has 0 bridgehead atoms. The molecule has 4 nitrogen and oxygen atoms in total. The summed E-state index contributed by atoms with van der Waals surface area (Å²) in [7, 11) is 0. The van der Waals surface area contributed by atoms with E-state index >= 15 is 0 Å². The highest BCUT2D eigenvalue weighted by molar-refractivity contribution is 5.05. The van der Waals surface area contributed by atoms with E-state index in [4.69, 9.17) is 5.73 Å². The minimum absolute atomic E-state index is 0.239. The van der Waals surface area contributed by atoms with Gasteiger partial charge in [0.2, 0.25) is 5.82 Å². The molecule has 2 heterocycles. The number of nitrogens with zero attached hydrogens (tertiary/aromatic N) is 3. The molecule has 1 aromatic rings. The molecular weight excluding hydrogens is 197 g/mol. The molecule has 0 spiro atoms. The van der Waals surface area contributed by atoms with Crippen molar-refractivity contribution in [3.63, 3.8) is 0 Å². The maximum atomic E-state index is 12.4. The van der Waals surface area contributed by atoms with Crippen LogP contribution in [0.25, 0.3) is 0 Å². The van der Waals surface area contributed by atoms with Gasteiger partial charge in [-0.05, 0) is 12.8 Å². The molecule has 14 heavy (non-hydrogen) atoms.